The summed E-state index contributed by atoms with van der Waals surface area (Å²) in [6.45, 7) is 4.70. The Morgan fingerprint density at radius 3 is 1.80 bits per heavy atom. The van der Waals surface area contributed by atoms with Gasteiger partial charge in [0.2, 0.25) is 0 Å². The predicted octanol–water partition coefficient (Wildman–Crippen LogP) is -0.253. The first kappa shape index (κ1) is 9.88. The first-order valence-electron chi connectivity index (χ1n) is 3.40. The van der Waals surface area contributed by atoms with Crippen molar-refractivity contribution in [2.45, 2.75) is 33.0 Å². The highest BCUT2D eigenvalue weighted by atomic mass is 16.3. The molecule has 0 spiro atoms. The summed E-state index contributed by atoms with van der Waals surface area (Å²) in [5.74, 6) is 0. The second kappa shape index (κ2) is 3.32. The van der Waals surface area contributed by atoms with Gasteiger partial charge in [0, 0.05) is 5.41 Å². The Bertz CT molecular complexity index is 99.0. The molecule has 10 heavy (non-hydrogen) atoms. The molecule has 0 rings (SSSR count). The Hall–Kier alpha value is -0.120. The van der Waals surface area contributed by atoms with Crippen molar-refractivity contribution in [1.82, 2.24) is 0 Å². The van der Waals surface area contributed by atoms with Crippen molar-refractivity contribution in [2.75, 3.05) is 6.61 Å². The minimum absolute atomic E-state index is 0.308. The summed E-state index contributed by atoms with van der Waals surface area (Å²) in [4.78, 5) is 0. The second-order valence-corrected chi connectivity index (χ2v) is 3.20. The molecule has 62 valence electrons. The van der Waals surface area contributed by atoms with Crippen LogP contribution in [0.2, 0.25) is 0 Å². The average molecular weight is 148 g/mol. The molecular weight excluding hydrogens is 132 g/mol. The number of hydrogen-bond donors (Lipinski definition) is 3. The van der Waals surface area contributed by atoms with Gasteiger partial charge < -0.3 is 15.3 Å². The SMILES string of the molecule is CC(O)C(C)(C)C(O)CO. The van der Waals surface area contributed by atoms with Crippen molar-refractivity contribution in [3.05, 3.63) is 0 Å². The van der Waals surface area contributed by atoms with Gasteiger partial charge in [-0.2, -0.15) is 0 Å². The normalized spacial score (nSPS) is 18.6. The molecule has 0 aromatic heterocycles. The first-order chi connectivity index (χ1) is 4.42. The van der Waals surface area contributed by atoms with Crippen LogP contribution in [0.4, 0.5) is 0 Å². The van der Waals surface area contributed by atoms with Crippen molar-refractivity contribution >= 4 is 0 Å². The number of aliphatic hydroxyl groups is 3. The molecule has 3 N–H and O–H groups in total. The summed E-state index contributed by atoms with van der Waals surface area (Å²) in [5, 5.41) is 26.8. The zero-order valence-corrected chi connectivity index (χ0v) is 6.70. The highest BCUT2D eigenvalue weighted by Crippen LogP contribution is 2.24. The lowest BCUT2D eigenvalue weighted by Gasteiger charge is -2.31. The van der Waals surface area contributed by atoms with Crippen LogP contribution in [0.15, 0.2) is 0 Å². The van der Waals surface area contributed by atoms with Crippen LogP contribution >= 0.6 is 0 Å². The topological polar surface area (TPSA) is 60.7 Å². The zero-order chi connectivity index (χ0) is 8.36. The molecule has 0 saturated carbocycles. The standard InChI is InChI=1S/C7H16O3/c1-5(9)7(2,3)6(10)4-8/h5-6,8-10H,4H2,1-3H3. The van der Waals surface area contributed by atoms with Gasteiger partial charge in [-0.1, -0.05) is 13.8 Å². The lowest BCUT2D eigenvalue weighted by molar-refractivity contribution is -0.0616. The van der Waals surface area contributed by atoms with Crippen LogP contribution in [0.3, 0.4) is 0 Å². The van der Waals surface area contributed by atoms with Gasteiger partial charge >= 0.3 is 0 Å². The highest BCUT2D eigenvalue weighted by Gasteiger charge is 2.31. The maximum atomic E-state index is 9.15. The third-order valence-corrected chi connectivity index (χ3v) is 2.11. The Kier molecular flexibility index (Phi) is 3.28. The lowest BCUT2D eigenvalue weighted by Crippen LogP contribution is -2.40. The molecule has 0 aliphatic heterocycles. The van der Waals surface area contributed by atoms with Crippen LogP contribution in [-0.4, -0.2) is 34.1 Å². The monoisotopic (exact) mass is 148 g/mol. The molecule has 0 aliphatic carbocycles. The average Bonchev–Trinajstić information content (AvgIpc) is 1.86. The van der Waals surface area contributed by atoms with Gasteiger partial charge in [-0.05, 0) is 6.92 Å². The molecule has 2 unspecified atom stereocenters. The molecule has 0 radical (unpaired) electrons. The molecule has 0 bridgehead atoms. The number of rotatable bonds is 3. The van der Waals surface area contributed by atoms with Crippen LogP contribution in [0.5, 0.6) is 0 Å². The molecule has 0 saturated heterocycles. The molecule has 0 aromatic carbocycles. The van der Waals surface area contributed by atoms with Crippen LogP contribution < -0.4 is 0 Å². The number of hydrogen-bond acceptors (Lipinski definition) is 3. The Morgan fingerprint density at radius 2 is 1.70 bits per heavy atom. The quantitative estimate of drug-likeness (QED) is 0.517. The van der Waals surface area contributed by atoms with E-state index in [9.17, 15) is 0 Å². The fourth-order valence-electron chi connectivity index (χ4n) is 0.514. The Balaban J connectivity index is 4.09. The molecule has 0 aromatic rings. The molecule has 2 atom stereocenters. The van der Waals surface area contributed by atoms with Crippen molar-refractivity contribution in [2.24, 2.45) is 5.41 Å². The molecule has 0 aliphatic rings. The van der Waals surface area contributed by atoms with Crippen LogP contribution in [0, 0.1) is 5.41 Å². The summed E-state index contributed by atoms with van der Waals surface area (Å²) >= 11 is 0. The summed E-state index contributed by atoms with van der Waals surface area (Å²) in [5.41, 5.74) is -0.630. The van der Waals surface area contributed by atoms with E-state index in [1.165, 1.54) is 0 Å². The minimum Gasteiger partial charge on any atom is -0.394 e. The van der Waals surface area contributed by atoms with E-state index in [1.807, 2.05) is 0 Å². The minimum atomic E-state index is -0.854. The van der Waals surface area contributed by atoms with E-state index in [0.717, 1.165) is 0 Å². The predicted molar refractivity (Wildman–Crippen MR) is 38.6 cm³/mol. The highest BCUT2D eigenvalue weighted by molar-refractivity contribution is 4.81. The molecule has 0 heterocycles. The van der Waals surface area contributed by atoms with Crippen LogP contribution in [0.25, 0.3) is 0 Å². The fourth-order valence-corrected chi connectivity index (χ4v) is 0.514. The third kappa shape index (κ3) is 1.94. The van der Waals surface area contributed by atoms with Gasteiger partial charge in [-0.25, -0.2) is 0 Å². The van der Waals surface area contributed by atoms with E-state index in [2.05, 4.69) is 0 Å². The summed E-state index contributed by atoms with van der Waals surface area (Å²) in [7, 11) is 0. The van der Waals surface area contributed by atoms with Crippen molar-refractivity contribution in [3.8, 4) is 0 Å². The largest absolute Gasteiger partial charge is 0.394 e. The number of aliphatic hydroxyl groups excluding tert-OH is 3. The maximum Gasteiger partial charge on any atom is 0.0846 e. The van der Waals surface area contributed by atoms with Gasteiger partial charge in [0.05, 0.1) is 18.8 Å². The Labute approximate surface area is 61.3 Å². The first-order valence-corrected chi connectivity index (χ1v) is 3.40. The van der Waals surface area contributed by atoms with Crippen molar-refractivity contribution in [3.63, 3.8) is 0 Å². The van der Waals surface area contributed by atoms with Crippen LogP contribution in [-0.2, 0) is 0 Å². The van der Waals surface area contributed by atoms with Gasteiger partial charge in [-0.15, -0.1) is 0 Å². The summed E-state index contributed by atoms with van der Waals surface area (Å²) < 4.78 is 0. The maximum absolute atomic E-state index is 9.15. The zero-order valence-electron chi connectivity index (χ0n) is 6.70. The Morgan fingerprint density at radius 1 is 1.30 bits per heavy atom. The van der Waals surface area contributed by atoms with E-state index in [-0.39, 0.29) is 6.61 Å². The van der Waals surface area contributed by atoms with Gasteiger partial charge in [-0.3, -0.25) is 0 Å². The van der Waals surface area contributed by atoms with E-state index in [4.69, 9.17) is 15.3 Å². The summed E-state index contributed by atoms with van der Waals surface area (Å²) in [6, 6.07) is 0. The third-order valence-electron chi connectivity index (χ3n) is 2.11. The molecule has 3 nitrogen and oxygen atoms in total. The molecular formula is C7H16O3. The summed E-state index contributed by atoms with van der Waals surface area (Å²) in [6.07, 6.45) is -1.47. The van der Waals surface area contributed by atoms with Crippen LogP contribution in [0.1, 0.15) is 20.8 Å². The molecule has 0 amide bonds. The molecule has 3 heteroatoms. The van der Waals surface area contributed by atoms with E-state index in [0.29, 0.717) is 0 Å². The lowest BCUT2D eigenvalue weighted by atomic mass is 9.82. The van der Waals surface area contributed by atoms with E-state index < -0.39 is 17.6 Å². The van der Waals surface area contributed by atoms with Crippen molar-refractivity contribution in [1.29, 1.82) is 0 Å². The fraction of sp³-hybridized carbons (Fsp3) is 1.00. The van der Waals surface area contributed by atoms with E-state index in [1.54, 1.807) is 20.8 Å². The van der Waals surface area contributed by atoms with Crippen molar-refractivity contribution < 1.29 is 15.3 Å². The van der Waals surface area contributed by atoms with E-state index >= 15 is 0 Å². The van der Waals surface area contributed by atoms with Gasteiger partial charge in [0.25, 0.3) is 0 Å². The molecule has 0 fully saturated rings. The van der Waals surface area contributed by atoms with Gasteiger partial charge in [0.1, 0.15) is 0 Å². The van der Waals surface area contributed by atoms with Gasteiger partial charge in [0.15, 0.2) is 0 Å². The second-order valence-electron chi connectivity index (χ2n) is 3.20. The smallest absolute Gasteiger partial charge is 0.0846 e.